The molecule has 16 heavy (non-hydrogen) atoms. The smallest absolute Gasteiger partial charge is 0.254 e. The SMILES string of the molecule is CCc1occc1C(=O)NCC(C)(O)CC. The van der Waals surface area contributed by atoms with Gasteiger partial charge in [-0.3, -0.25) is 4.79 Å². The highest BCUT2D eigenvalue weighted by molar-refractivity contribution is 5.95. The largest absolute Gasteiger partial charge is 0.469 e. The topological polar surface area (TPSA) is 62.5 Å². The third-order valence-corrected chi connectivity index (χ3v) is 2.70. The molecule has 0 fully saturated rings. The number of carbonyl (C=O) groups is 1. The number of amides is 1. The highest BCUT2D eigenvalue weighted by Gasteiger charge is 2.20. The Balaban J connectivity index is 2.60. The molecule has 0 aliphatic rings. The number of hydrogen-bond acceptors (Lipinski definition) is 3. The Labute approximate surface area is 95.7 Å². The summed E-state index contributed by atoms with van der Waals surface area (Å²) in [5, 5.41) is 12.5. The van der Waals surface area contributed by atoms with E-state index in [2.05, 4.69) is 5.32 Å². The number of furan rings is 1. The normalized spacial score (nSPS) is 14.5. The Morgan fingerprint density at radius 3 is 2.81 bits per heavy atom. The van der Waals surface area contributed by atoms with Crippen molar-refractivity contribution in [2.75, 3.05) is 6.54 Å². The monoisotopic (exact) mass is 225 g/mol. The minimum Gasteiger partial charge on any atom is -0.469 e. The van der Waals surface area contributed by atoms with Gasteiger partial charge in [0, 0.05) is 13.0 Å². The molecule has 1 rings (SSSR count). The maximum absolute atomic E-state index is 11.8. The second-order valence-corrected chi connectivity index (χ2v) is 4.14. The predicted molar refractivity (Wildman–Crippen MR) is 61.3 cm³/mol. The second kappa shape index (κ2) is 5.16. The third-order valence-electron chi connectivity index (χ3n) is 2.70. The van der Waals surface area contributed by atoms with Crippen LogP contribution < -0.4 is 5.32 Å². The lowest BCUT2D eigenvalue weighted by Gasteiger charge is -2.21. The Hall–Kier alpha value is -1.29. The highest BCUT2D eigenvalue weighted by Crippen LogP contribution is 2.12. The van der Waals surface area contributed by atoms with Crippen molar-refractivity contribution < 1.29 is 14.3 Å². The van der Waals surface area contributed by atoms with E-state index in [0.29, 0.717) is 24.2 Å². The summed E-state index contributed by atoms with van der Waals surface area (Å²) >= 11 is 0. The zero-order valence-electron chi connectivity index (χ0n) is 10.0. The van der Waals surface area contributed by atoms with Crippen molar-refractivity contribution in [2.45, 2.75) is 39.2 Å². The number of carbonyl (C=O) groups excluding carboxylic acids is 1. The lowest BCUT2D eigenvalue weighted by Crippen LogP contribution is -2.40. The first-order valence-electron chi connectivity index (χ1n) is 5.57. The van der Waals surface area contributed by atoms with E-state index < -0.39 is 5.60 Å². The van der Waals surface area contributed by atoms with Crippen LogP contribution in [0.2, 0.25) is 0 Å². The second-order valence-electron chi connectivity index (χ2n) is 4.14. The fraction of sp³-hybridized carbons (Fsp3) is 0.583. The molecule has 0 saturated heterocycles. The van der Waals surface area contributed by atoms with E-state index in [1.165, 1.54) is 6.26 Å². The van der Waals surface area contributed by atoms with Gasteiger partial charge in [0.05, 0.1) is 17.4 Å². The highest BCUT2D eigenvalue weighted by atomic mass is 16.3. The molecule has 0 aliphatic carbocycles. The van der Waals surface area contributed by atoms with Gasteiger partial charge >= 0.3 is 0 Å². The molecule has 0 radical (unpaired) electrons. The molecule has 1 unspecified atom stereocenters. The van der Waals surface area contributed by atoms with Crippen LogP contribution in [0.15, 0.2) is 16.7 Å². The first-order chi connectivity index (χ1) is 7.50. The fourth-order valence-corrected chi connectivity index (χ4v) is 1.31. The maximum atomic E-state index is 11.8. The van der Waals surface area contributed by atoms with Crippen molar-refractivity contribution in [1.82, 2.24) is 5.32 Å². The van der Waals surface area contributed by atoms with Crippen molar-refractivity contribution in [1.29, 1.82) is 0 Å². The number of nitrogens with one attached hydrogen (secondary N) is 1. The van der Waals surface area contributed by atoms with Gasteiger partial charge in [-0.1, -0.05) is 13.8 Å². The summed E-state index contributed by atoms with van der Waals surface area (Å²) in [6.45, 7) is 5.75. The minimum atomic E-state index is -0.855. The predicted octanol–water partition coefficient (Wildman–Crippen LogP) is 1.73. The summed E-state index contributed by atoms with van der Waals surface area (Å²) in [5.41, 5.74) is -0.305. The van der Waals surface area contributed by atoms with Gasteiger partial charge in [0.1, 0.15) is 5.76 Å². The van der Waals surface area contributed by atoms with Gasteiger partial charge in [0.15, 0.2) is 0 Å². The van der Waals surface area contributed by atoms with Gasteiger partial charge in [-0.2, -0.15) is 0 Å². The summed E-state index contributed by atoms with van der Waals surface area (Å²) in [7, 11) is 0. The van der Waals surface area contributed by atoms with Crippen LogP contribution in [-0.4, -0.2) is 23.2 Å². The Bertz CT molecular complexity index is 355. The summed E-state index contributed by atoms with van der Waals surface area (Å²) in [6, 6.07) is 1.65. The molecule has 4 nitrogen and oxygen atoms in total. The summed E-state index contributed by atoms with van der Waals surface area (Å²) in [6.07, 6.45) is 2.78. The van der Waals surface area contributed by atoms with Gasteiger partial charge < -0.3 is 14.8 Å². The van der Waals surface area contributed by atoms with Crippen LogP contribution in [0.4, 0.5) is 0 Å². The van der Waals surface area contributed by atoms with Crippen LogP contribution in [0.5, 0.6) is 0 Å². The van der Waals surface area contributed by atoms with Crippen molar-refractivity contribution in [3.05, 3.63) is 23.7 Å². The molecule has 1 aromatic heterocycles. The lowest BCUT2D eigenvalue weighted by atomic mass is 10.0. The zero-order chi connectivity index (χ0) is 12.2. The van der Waals surface area contributed by atoms with Gasteiger partial charge in [0.25, 0.3) is 5.91 Å². The average Bonchev–Trinajstić information content (AvgIpc) is 2.74. The number of aliphatic hydroxyl groups is 1. The Morgan fingerprint density at radius 1 is 1.56 bits per heavy atom. The van der Waals surface area contributed by atoms with Crippen LogP contribution in [-0.2, 0) is 6.42 Å². The molecule has 1 amide bonds. The number of aryl methyl sites for hydroxylation is 1. The quantitative estimate of drug-likeness (QED) is 0.802. The minimum absolute atomic E-state index is 0.195. The molecule has 2 N–H and O–H groups in total. The molecule has 0 spiro atoms. The molecule has 0 bridgehead atoms. The Morgan fingerprint density at radius 2 is 2.25 bits per heavy atom. The average molecular weight is 225 g/mol. The lowest BCUT2D eigenvalue weighted by molar-refractivity contribution is 0.0518. The van der Waals surface area contributed by atoms with E-state index in [4.69, 9.17) is 4.42 Å². The van der Waals surface area contributed by atoms with Crippen molar-refractivity contribution in [3.63, 3.8) is 0 Å². The summed E-state index contributed by atoms with van der Waals surface area (Å²) < 4.78 is 5.17. The van der Waals surface area contributed by atoms with Crippen molar-refractivity contribution >= 4 is 5.91 Å². The van der Waals surface area contributed by atoms with Crippen LogP contribution in [0, 0.1) is 0 Å². The van der Waals surface area contributed by atoms with Gasteiger partial charge in [-0.25, -0.2) is 0 Å². The fourth-order valence-electron chi connectivity index (χ4n) is 1.31. The zero-order valence-corrected chi connectivity index (χ0v) is 10.0. The molecule has 1 aromatic rings. The van der Waals surface area contributed by atoms with Gasteiger partial charge in [-0.05, 0) is 19.4 Å². The summed E-state index contributed by atoms with van der Waals surface area (Å²) in [5.74, 6) is 0.480. The molecule has 4 heteroatoms. The summed E-state index contributed by atoms with van der Waals surface area (Å²) in [4.78, 5) is 11.8. The Kier molecular flexibility index (Phi) is 4.12. The first kappa shape index (κ1) is 12.8. The van der Waals surface area contributed by atoms with E-state index in [1.54, 1.807) is 13.0 Å². The van der Waals surface area contributed by atoms with Crippen molar-refractivity contribution in [2.24, 2.45) is 0 Å². The van der Waals surface area contributed by atoms with Crippen LogP contribution in [0.1, 0.15) is 43.3 Å². The van der Waals surface area contributed by atoms with E-state index in [1.807, 2.05) is 13.8 Å². The first-order valence-corrected chi connectivity index (χ1v) is 5.57. The maximum Gasteiger partial charge on any atom is 0.254 e. The number of hydrogen-bond donors (Lipinski definition) is 2. The molecule has 1 heterocycles. The molecule has 0 aromatic carbocycles. The molecule has 0 saturated carbocycles. The van der Waals surface area contributed by atoms with E-state index >= 15 is 0 Å². The van der Waals surface area contributed by atoms with Crippen LogP contribution >= 0.6 is 0 Å². The molecule has 90 valence electrons. The van der Waals surface area contributed by atoms with Crippen LogP contribution in [0.3, 0.4) is 0 Å². The van der Waals surface area contributed by atoms with Crippen molar-refractivity contribution in [3.8, 4) is 0 Å². The van der Waals surface area contributed by atoms with Gasteiger partial charge in [-0.15, -0.1) is 0 Å². The van der Waals surface area contributed by atoms with Crippen LogP contribution in [0.25, 0.3) is 0 Å². The molecule has 0 aliphatic heterocycles. The molecular formula is C12H19NO3. The van der Waals surface area contributed by atoms with E-state index in [0.717, 1.165) is 0 Å². The number of rotatable bonds is 5. The molecular weight excluding hydrogens is 206 g/mol. The third kappa shape index (κ3) is 3.10. The van der Waals surface area contributed by atoms with E-state index in [-0.39, 0.29) is 12.5 Å². The van der Waals surface area contributed by atoms with E-state index in [9.17, 15) is 9.90 Å². The molecule has 1 atom stereocenters. The standard InChI is InChI=1S/C12H19NO3/c1-4-10-9(6-7-16-10)11(14)13-8-12(3,15)5-2/h6-7,15H,4-5,8H2,1-3H3,(H,13,14). The van der Waals surface area contributed by atoms with Gasteiger partial charge in [0.2, 0.25) is 0 Å².